The van der Waals surface area contributed by atoms with E-state index in [0.717, 1.165) is 19.3 Å². The third-order valence-corrected chi connectivity index (χ3v) is 6.62. The lowest BCUT2D eigenvalue weighted by Crippen LogP contribution is -2.40. The molecule has 0 amide bonds. The van der Waals surface area contributed by atoms with E-state index in [4.69, 9.17) is 14.2 Å². The van der Waals surface area contributed by atoms with Crippen molar-refractivity contribution in [3.63, 3.8) is 0 Å². The number of hydrogen-bond donors (Lipinski definition) is 0. The fourth-order valence-corrected chi connectivity index (χ4v) is 4.36. The topological polar surface area (TPSA) is 44.8 Å². The molecule has 0 spiro atoms. The number of carbonyl (C=O) groups is 1. The molecule has 8 atom stereocenters. The quantitative estimate of drug-likeness (QED) is 0.605. The number of esters is 1. The van der Waals surface area contributed by atoms with E-state index in [1.807, 2.05) is 20.8 Å². The normalized spacial score (nSPS) is 41.6. The maximum Gasteiger partial charge on any atom is 0.310 e. The van der Waals surface area contributed by atoms with Crippen LogP contribution in [-0.4, -0.2) is 30.1 Å². The highest BCUT2D eigenvalue weighted by molar-refractivity contribution is 5.78. The van der Waals surface area contributed by atoms with Crippen LogP contribution in [0.15, 0.2) is 0 Å². The van der Waals surface area contributed by atoms with Crippen molar-refractivity contribution < 1.29 is 19.0 Å². The zero-order valence-corrected chi connectivity index (χ0v) is 18.3. The van der Waals surface area contributed by atoms with Gasteiger partial charge >= 0.3 is 5.97 Å². The average molecular weight is 369 g/mol. The standard InChI is InChI=1S/C22H40O4/c1-13-12-14(2)20(25-17(13)5)24-15(3)10-11-22(9)16(4)18(22)19(23)26-21(6,7)8/h13-18,20H,10-12H2,1-9H3/t13-,14-,15-,16?,17+,18+,20-,22+/m1/s1. The minimum atomic E-state index is -0.418. The summed E-state index contributed by atoms with van der Waals surface area (Å²) in [5, 5.41) is 0. The zero-order valence-electron chi connectivity index (χ0n) is 18.3. The molecule has 0 bridgehead atoms. The van der Waals surface area contributed by atoms with Gasteiger partial charge in [0.1, 0.15) is 5.60 Å². The first-order valence-corrected chi connectivity index (χ1v) is 10.4. The van der Waals surface area contributed by atoms with Crippen LogP contribution in [0.25, 0.3) is 0 Å². The average Bonchev–Trinajstić information content (AvgIpc) is 3.03. The Kier molecular flexibility index (Phi) is 6.50. The summed E-state index contributed by atoms with van der Waals surface area (Å²) < 4.78 is 17.9. The van der Waals surface area contributed by atoms with Gasteiger partial charge in [0.2, 0.25) is 0 Å². The minimum Gasteiger partial charge on any atom is -0.460 e. The van der Waals surface area contributed by atoms with Gasteiger partial charge in [0.05, 0.1) is 18.1 Å². The lowest BCUT2D eigenvalue weighted by atomic mass is 9.90. The number of rotatable bonds is 6. The van der Waals surface area contributed by atoms with E-state index >= 15 is 0 Å². The lowest BCUT2D eigenvalue weighted by molar-refractivity contribution is -0.244. The Morgan fingerprint density at radius 1 is 1.19 bits per heavy atom. The van der Waals surface area contributed by atoms with E-state index in [2.05, 4.69) is 41.5 Å². The molecule has 152 valence electrons. The smallest absolute Gasteiger partial charge is 0.310 e. The van der Waals surface area contributed by atoms with Gasteiger partial charge in [0, 0.05) is 5.92 Å². The summed E-state index contributed by atoms with van der Waals surface area (Å²) in [7, 11) is 0. The van der Waals surface area contributed by atoms with E-state index in [9.17, 15) is 4.79 Å². The highest BCUT2D eigenvalue weighted by atomic mass is 16.7. The van der Waals surface area contributed by atoms with Gasteiger partial charge in [-0.3, -0.25) is 4.79 Å². The van der Waals surface area contributed by atoms with Gasteiger partial charge in [-0.2, -0.15) is 0 Å². The molecule has 2 aliphatic rings. The Bertz CT molecular complexity index is 497. The van der Waals surface area contributed by atoms with Crippen molar-refractivity contribution >= 4 is 5.97 Å². The fraction of sp³-hybridized carbons (Fsp3) is 0.955. The molecule has 26 heavy (non-hydrogen) atoms. The Morgan fingerprint density at radius 2 is 1.81 bits per heavy atom. The van der Waals surface area contributed by atoms with Crippen LogP contribution in [0.4, 0.5) is 0 Å². The molecule has 0 aromatic heterocycles. The molecule has 0 N–H and O–H groups in total. The molecule has 0 aromatic carbocycles. The molecule has 1 heterocycles. The second kappa shape index (κ2) is 7.79. The SMILES string of the molecule is CC1[C@@H](C(=O)OC(C)(C)C)[C@@]1(C)CC[C@@H](C)O[C@@H]1O[C@@H](C)[C@H](C)C[C@H]1C. The van der Waals surface area contributed by atoms with Gasteiger partial charge in [-0.15, -0.1) is 0 Å². The van der Waals surface area contributed by atoms with Gasteiger partial charge in [0.25, 0.3) is 0 Å². The number of carbonyl (C=O) groups excluding carboxylic acids is 1. The maximum atomic E-state index is 12.4. The lowest BCUT2D eigenvalue weighted by Gasteiger charge is -2.38. The monoisotopic (exact) mass is 368 g/mol. The molecule has 1 unspecified atom stereocenters. The van der Waals surface area contributed by atoms with Gasteiger partial charge in [-0.05, 0) is 71.1 Å². The van der Waals surface area contributed by atoms with Crippen molar-refractivity contribution in [2.75, 3.05) is 0 Å². The molecule has 1 saturated carbocycles. The van der Waals surface area contributed by atoms with Crippen molar-refractivity contribution in [2.24, 2.45) is 29.1 Å². The first-order valence-electron chi connectivity index (χ1n) is 10.4. The Labute approximate surface area is 160 Å². The van der Waals surface area contributed by atoms with Crippen LogP contribution in [0.5, 0.6) is 0 Å². The molecule has 2 rings (SSSR count). The predicted octanol–water partition coefficient (Wildman–Crippen LogP) is 5.19. The molecule has 2 fully saturated rings. The van der Waals surface area contributed by atoms with Gasteiger partial charge in [0.15, 0.2) is 6.29 Å². The summed E-state index contributed by atoms with van der Waals surface area (Å²) in [5.74, 6) is 1.35. The van der Waals surface area contributed by atoms with Gasteiger partial charge < -0.3 is 14.2 Å². The molecule has 1 saturated heterocycles. The van der Waals surface area contributed by atoms with Crippen molar-refractivity contribution in [3.05, 3.63) is 0 Å². The second-order valence-corrected chi connectivity index (χ2v) is 10.2. The van der Waals surface area contributed by atoms with E-state index in [1.165, 1.54) is 0 Å². The Balaban J connectivity index is 1.82. The Hall–Kier alpha value is -0.610. The van der Waals surface area contributed by atoms with Crippen LogP contribution < -0.4 is 0 Å². The summed E-state index contributed by atoms with van der Waals surface area (Å²) in [6.45, 7) is 18.9. The summed E-state index contributed by atoms with van der Waals surface area (Å²) in [4.78, 5) is 12.4. The van der Waals surface area contributed by atoms with E-state index in [0.29, 0.717) is 17.8 Å². The van der Waals surface area contributed by atoms with Crippen molar-refractivity contribution in [1.29, 1.82) is 0 Å². The van der Waals surface area contributed by atoms with Gasteiger partial charge in [-0.1, -0.05) is 27.7 Å². The van der Waals surface area contributed by atoms with Crippen molar-refractivity contribution in [3.8, 4) is 0 Å². The minimum absolute atomic E-state index is 0.0136. The zero-order chi connectivity index (χ0) is 19.9. The fourth-order valence-electron chi connectivity index (χ4n) is 4.36. The van der Waals surface area contributed by atoms with Crippen LogP contribution in [0.2, 0.25) is 0 Å². The third kappa shape index (κ3) is 5.01. The molecule has 0 radical (unpaired) electrons. The second-order valence-electron chi connectivity index (χ2n) is 10.2. The van der Waals surface area contributed by atoms with E-state index in [-0.39, 0.29) is 35.8 Å². The summed E-state index contributed by atoms with van der Waals surface area (Å²) >= 11 is 0. The molecular weight excluding hydrogens is 328 g/mol. The summed E-state index contributed by atoms with van der Waals surface area (Å²) in [6, 6.07) is 0. The van der Waals surface area contributed by atoms with Crippen molar-refractivity contribution in [1.82, 2.24) is 0 Å². The first kappa shape index (κ1) is 21.7. The van der Waals surface area contributed by atoms with E-state index < -0.39 is 5.60 Å². The number of hydrogen-bond acceptors (Lipinski definition) is 4. The maximum absolute atomic E-state index is 12.4. The highest BCUT2D eigenvalue weighted by Crippen LogP contribution is 2.62. The summed E-state index contributed by atoms with van der Waals surface area (Å²) in [5.41, 5.74) is -0.389. The molecule has 1 aliphatic heterocycles. The number of ether oxygens (including phenoxy) is 3. The van der Waals surface area contributed by atoms with E-state index in [1.54, 1.807) is 0 Å². The van der Waals surface area contributed by atoms with Crippen LogP contribution in [0, 0.1) is 29.1 Å². The van der Waals surface area contributed by atoms with Crippen LogP contribution in [0.3, 0.4) is 0 Å². The Morgan fingerprint density at radius 3 is 2.38 bits per heavy atom. The highest BCUT2D eigenvalue weighted by Gasteiger charge is 2.62. The first-order chi connectivity index (χ1) is 11.8. The van der Waals surface area contributed by atoms with Crippen molar-refractivity contribution in [2.45, 2.75) is 106 Å². The predicted molar refractivity (Wildman–Crippen MR) is 104 cm³/mol. The molecular formula is C22H40O4. The largest absolute Gasteiger partial charge is 0.460 e. The van der Waals surface area contributed by atoms with Gasteiger partial charge in [-0.25, -0.2) is 0 Å². The molecule has 4 nitrogen and oxygen atoms in total. The molecule has 1 aliphatic carbocycles. The van der Waals surface area contributed by atoms with Crippen LogP contribution >= 0.6 is 0 Å². The molecule has 0 aromatic rings. The molecule has 4 heteroatoms. The van der Waals surface area contributed by atoms with Crippen LogP contribution in [0.1, 0.15) is 81.6 Å². The third-order valence-electron chi connectivity index (χ3n) is 6.62. The summed E-state index contributed by atoms with van der Waals surface area (Å²) in [6.07, 6.45) is 3.34. The van der Waals surface area contributed by atoms with Crippen LogP contribution in [-0.2, 0) is 19.0 Å².